The normalized spacial score (nSPS) is 12.6. The molecule has 2 rings (SSSR count). The third-order valence-corrected chi connectivity index (χ3v) is 3.77. The van der Waals surface area contributed by atoms with Crippen molar-refractivity contribution in [3.8, 4) is 0 Å². The van der Waals surface area contributed by atoms with Crippen molar-refractivity contribution in [1.82, 2.24) is 20.1 Å². The van der Waals surface area contributed by atoms with Crippen LogP contribution in [0.1, 0.15) is 36.8 Å². The van der Waals surface area contributed by atoms with Crippen LogP contribution in [0.5, 0.6) is 0 Å². The van der Waals surface area contributed by atoms with Crippen molar-refractivity contribution >= 4 is 15.9 Å². The van der Waals surface area contributed by atoms with Crippen LogP contribution in [0.4, 0.5) is 0 Å². The first kappa shape index (κ1) is 15.2. The minimum Gasteiger partial charge on any atom is -0.310 e. The molecule has 20 heavy (non-hydrogen) atoms. The maximum Gasteiger partial charge on any atom is 0.0669 e. The summed E-state index contributed by atoms with van der Waals surface area (Å²) in [6.45, 7) is 5.20. The first-order valence-corrected chi connectivity index (χ1v) is 7.79. The van der Waals surface area contributed by atoms with E-state index in [1.54, 1.807) is 0 Å². The summed E-state index contributed by atoms with van der Waals surface area (Å²) in [4.78, 5) is 4.47. The van der Waals surface area contributed by atoms with Crippen molar-refractivity contribution in [3.63, 3.8) is 0 Å². The number of pyridine rings is 1. The number of nitrogens with zero attached hydrogens (tertiary/aromatic N) is 3. The van der Waals surface area contributed by atoms with Gasteiger partial charge in [0.25, 0.3) is 0 Å². The summed E-state index contributed by atoms with van der Waals surface area (Å²) in [5.74, 6) is 0. The van der Waals surface area contributed by atoms with Crippen molar-refractivity contribution in [2.45, 2.75) is 32.7 Å². The quantitative estimate of drug-likeness (QED) is 0.881. The molecule has 1 N–H and O–H groups in total. The minimum absolute atomic E-state index is 0.261. The van der Waals surface area contributed by atoms with E-state index in [1.165, 1.54) is 5.56 Å². The van der Waals surface area contributed by atoms with Crippen LogP contribution in [-0.2, 0) is 19.9 Å². The van der Waals surface area contributed by atoms with Gasteiger partial charge in [-0.3, -0.25) is 9.67 Å². The average molecular weight is 337 g/mol. The van der Waals surface area contributed by atoms with E-state index in [4.69, 9.17) is 0 Å². The van der Waals surface area contributed by atoms with Gasteiger partial charge in [-0.05, 0) is 41.0 Å². The van der Waals surface area contributed by atoms with Crippen molar-refractivity contribution in [1.29, 1.82) is 0 Å². The lowest BCUT2D eigenvalue weighted by atomic mass is 10.0. The third kappa shape index (κ3) is 3.67. The zero-order valence-electron chi connectivity index (χ0n) is 12.2. The molecule has 5 heteroatoms. The highest BCUT2D eigenvalue weighted by atomic mass is 79.9. The molecule has 0 aromatic carbocycles. The second kappa shape index (κ2) is 6.99. The van der Waals surface area contributed by atoms with Crippen LogP contribution in [0.2, 0.25) is 0 Å². The van der Waals surface area contributed by atoms with Gasteiger partial charge in [0.2, 0.25) is 0 Å². The van der Waals surface area contributed by atoms with Gasteiger partial charge in [-0.1, -0.05) is 13.8 Å². The molecular weight excluding hydrogens is 316 g/mol. The second-order valence-electron chi connectivity index (χ2n) is 4.84. The van der Waals surface area contributed by atoms with E-state index in [1.807, 2.05) is 24.0 Å². The Morgan fingerprint density at radius 3 is 2.75 bits per heavy atom. The molecule has 1 atom stereocenters. The van der Waals surface area contributed by atoms with Gasteiger partial charge in [0.05, 0.1) is 5.69 Å². The molecule has 2 aromatic rings. The van der Waals surface area contributed by atoms with E-state index >= 15 is 0 Å². The molecular formula is C15H21BrN4. The molecule has 0 aliphatic heterocycles. The highest BCUT2D eigenvalue weighted by Crippen LogP contribution is 2.21. The number of likely N-dealkylation sites (N-methyl/N-ethyl adjacent to an activating group) is 1. The molecule has 2 heterocycles. The summed E-state index contributed by atoms with van der Waals surface area (Å²) in [6.07, 6.45) is 5.79. The van der Waals surface area contributed by atoms with Crippen LogP contribution in [0.3, 0.4) is 0 Å². The molecule has 0 spiro atoms. The minimum atomic E-state index is 0.261. The molecule has 0 saturated heterocycles. The molecule has 0 amide bonds. The van der Waals surface area contributed by atoms with Crippen LogP contribution in [0.25, 0.3) is 0 Å². The number of rotatable bonds is 6. The van der Waals surface area contributed by atoms with Gasteiger partial charge in [0.1, 0.15) is 0 Å². The van der Waals surface area contributed by atoms with E-state index in [9.17, 15) is 0 Å². The van der Waals surface area contributed by atoms with Gasteiger partial charge in [0.15, 0.2) is 0 Å². The van der Waals surface area contributed by atoms with Crippen LogP contribution in [0, 0.1) is 0 Å². The highest BCUT2D eigenvalue weighted by Gasteiger charge is 2.18. The van der Waals surface area contributed by atoms with Crippen LogP contribution in [0.15, 0.2) is 29.0 Å². The van der Waals surface area contributed by atoms with E-state index < -0.39 is 0 Å². The number of aromatic nitrogens is 3. The summed E-state index contributed by atoms with van der Waals surface area (Å²) in [5.41, 5.74) is 3.53. The average Bonchev–Trinajstić information content (AvgIpc) is 2.82. The molecule has 0 aliphatic rings. The SMILES string of the molecule is CCNC(Cc1ccc(Br)cn1)c1cn(C)nc1CC. The lowest BCUT2D eigenvalue weighted by Crippen LogP contribution is -2.24. The largest absolute Gasteiger partial charge is 0.310 e. The van der Waals surface area contributed by atoms with Gasteiger partial charge in [-0.2, -0.15) is 5.10 Å². The van der Waals surface area contributed by atoms with Crippen molar-refractivity contribution in [2.24, 2.45) is 7.05 Å². The zero-order valence-corrected chi connectivity index (χ0v) is 13.8. The van der Waals surface area contributed by atoms with Gasteiger partial charge in [-0.15, -0.1) is 0 Å². The van der Waals surface area contributed by atoms with Gasteiger partial charge in [0, 0.05) is 47.6 Å². The standard InChI is InChI=1S/C15H21BrN4/c1-4-14-13(10-20(3)19-14)15(17-5-2)8-12-7-6-11(16)9-18-12/h6-7,9-10,15,17H,4-5,8H2,1-3H3. The Morgan fingerprint density at radius 2 is 2.15 bits per heavy atom. The smallest absolute Gasteiger partial charge is 0.0669 e. The van der Waals surface area contributed by atoms with Gasteiger partial charge >= 0.3 is 0 Å². The first-order chi connectivity index (χ1) is 9.63. The summed E-state index contributed by atoms with van der Waals surface area (Å²) in [6, 6.07) is 4.36. The monoisotopic (exact) mass is 336 g/mol. The molecule has 4 nitrogen and oxygen atoms in total. The number of halogens is 1. The summed E-state index contributed by atoms with van der Waals surface area (Å²) < 4.78 is 2.91. The Bertz CT molecular complexity index is 548. The highest BCUT2D eigenvalue weighted by molar-refractivity contribution is 9.10. The fraction of sp³-hybridized carbons (Fsp3) is 0.467. The Kier molecular flexibility index (Phi) is 5.31. The second-order valence-corrected chi connectivity index (χ2v) is 5.76. The topological polar surface area (TPSA) is 42.7 Å². The molecule has 0 fully saturated rings. The molecule has 0 aliphatic carbocycles. The summed E-state index contributed by atoms with van der Waals surface area (Å²) >= 11 is 3.42. The Labute approximate surface area is 128 Å². The fourth-order valence-electron chi connectivity index (χ4n) is 2.39. The third-order valence-electron chi connectivity index (χ3n) is 3.30. The molecule has 0 saturated carbocycles. The van der Waals surface area contributed by atoms with Gasteiger partial charge < -0.3 is 5.32 Å². The lowest BCUT2D eigenvalue weighted by Gasteiger charge is -2.17. The number of hydrogen-bond acceptors (Lipinski definition) is 3. The predicted molar refractivity (Wildman–Crippen MR) is 84.6 cm³/mol. The number of hydrogen-bond donors (Lipinski definition) is 1. The van der Waals surface area contributed by atoms with E-state index in [0.717, 1.165) is 35.2 Å². The van der Waals surface area contributed by atoms with E-state index in [2.05, 4.69) is 57.4 Å². The Balaban J connectivity index is 2.23. The van der Waals surface area contributed by atoms with Gasteiger partial charge in [-0.25, -0.2) is 0 Å². The molecule has 0 radical (unpaired) electrons. The van der Waals surface area contributed by atoms with Crippen LogP contribution < -0.4 is 5.32 Å². The maximum atomic E-state index is 4.54. The maximum absolute atomic E-state index is 4.54. The summed E-state index contributed by atoms with van der Waals surface area (Å²) in [5, 5.41) is 8.08. The fourth-order valence-corrected chi connectivity index (χ4v) is 2.63. The Morgan fingerprint density at radius 1 is 1.35 bits per heavy atom. The molecule has 1 unspecified atom stereocenters. The van der Waals surface area contributed by atoms with Crippen LogP contribution >= 0.6 is 15.9 Å². The molecule has 2 aromatic heterocycles. The van der Waals surface area contributed by atoms with Crippen molar-refractivity contribution in [3.05, 3.63) is 46.0 Å². The Hall–Kier alpha value is -1.20. The predicted octanol–water partition coefficient (Wildman–Crippen LogP) is 3.03. The van der Waals surface area contributed by atoms with E-state index in [-0.39, 0.29) is 6.04 Å². The number of aryl methyl sites for hydroxylation is 2. The zero-order chi connectivity index (χ0) is 14.5. The van der Waals surface area contributed by atoms with Crippen molar-refractivity contribution in [2.75, 3.05) is 6.54 Å². The number of nitrogens with one attached hydrogen (secondary N) is 1. The summed E-state index contributed by atoms with van der Waals surface area (Å²) in [7, 11) is 1.98. The van der Waals surface area contributed by atoms with Crippen molar-refractivity contribution < 1.29 is 0 Å². The van der Waals surface area contributed by atoms with E-state index in [0.29, 0.717) is 0 Å². The molecule has 108 valence electrons. The van der Waals surface area contributed by atoms with Crippen LogP contribution in [-0.4, -0.2) is 21.3 Å². The lowest BCUT2D eigenvalue weighted by molar-refractivity contribution is 0.540. The molecule has 0 bridgehead atoms. The first-order valence-electron chi connectivity index (χ1n) is 7.00.